The van der Waals surface area contributed by atoms with E-state index < -0.39 is 0 Å². The zero-order valence-electron chi connectivity index (χ0n) is 9.76. The van der Waals surface area contributed by atoms with Gasteiger partial charge in [-0.15, -0.1) is 0 Å². The maximum Gasteiger partial charge on any atom is 0.00390 e. The third-order valence-electron chi connectivity index (χ3n) is 3.37. The Kier molecular flexibility index (Phi) is 11.5. The lowest BCUT2D eigenvalue weighted by atomic mass is 9.88. The van der Waals surface area contributed by atoms with Crippen molar-refractivity contribution in [2.75, 3.05) is 13.1 Å². The van der Waals surface area contributed by atoms with Crippen LogP contribution >= 0.6 is 0 Å². The van der Waals surface area contributed by atoms with Gasteiger partial charge in [-0.1, -0.05) is 28.7 Å². The Labute approximate surface area is 103 Å². The molecular weight excluding hydrogens is 196 g/mol. The van der Waals surface area contributed by atoms with Gasteiger partial charge in [0.05, 0.1) is 0 Å². The summed E-state index contributed by atoms with van der Waals surface area (Å²) in [7, 11) is 0. The summed E-state index contributed by atoms with van der Waals surface area (Å²) < 4.78 is 0. The van der Waals surface area contributed by atoms with Crippen LogP contribution in [0.2, 0.25) is 0 Å². The van der Waals surface area contributed by atoms with Gasteiger partial charge in [-0.05, 0) is 57.0 Å². The van der Waals surface area contributed by atoms with Crippen LogP contribution in [0.25, 0.3) is 0 Å². The Morgan fingerprint density at radius 3 is 1.69 bits per heavy atom. The number of nitrogens with one attached hydrogen (secondary N) is 1. The lowest BCUT2D eigenvalue weighted by Gasteiger charge is -2.22. The summed E-state index contributed by atoms with van der Waals surface area (Å²) in [5.41, 5.74) is 5.70. The van der Waals surface area contributed by atoms with Crippen LogP contribution in [0.1, 0.15) is 60.8 Å². The van der Waals surface area contributed by atoms with Gasteiger partial charge in [0, 0.05) is 6.04 Å². The van der Waals surface area contributed by atoms with Crippen molar-refractivity contribution in [1.82, 2.24) is 5.32 Å². The minimum atomic E-state index is 0. The zero-order valence-corrected chi connectivity index (χ0v) is 9.76. The first kappa shape index (κ1) is 18.3. The van der Waals surface area contributed by atoms with E-state index in [4.69, 9.17) is 5.73 Å². The maximum atomic E-state index is 5.70. The molecule has 0 spiro atoms. The smallest absolute Gasteiger partial charge is 0.00390 e. The van der Waals surface area contributed by atoms with Crippen molar-refractivity contribution < 1.29 is 0 Å². The molecule has 3 N–H and O–H groups in total. The summed E-state index contributed by atoms with van der Waals surface area (Å²) >= 11 is 0. The first-order valence-electron chi connectivity index (χ1n) is 6.14. The number of nitrogens with two attached hydrogens (primary N) is 1. The van der Waals surface area contributed by atoms with Crippen LogP contribution in [-0.2, 0) is 0 Å². The van der Waals surface area contributed by atoms with Crippen LogP contribution in [0.15, 0.2) is 0 Å². The Bertz CT molecular complexity index is 124. The molecule has 2 fully saturated rings. The molecule has 100 valence electrons. The van der Waals surface area contributed by atoms with E-state index in [1.54, 1.807) is 0 Å². The highest BCUT2D eigenvalue weighted by atomic mass is 14.9. The summed E-state index contributed by atoms with van der Waals surface area (Å²) in [6.45, 7) is 7.06. The molecule has 0 amide bonds. The van der Waals surface area contributed by atoms with Gasteiger partial charge in [-0.3, -0.25) is 0 Å². The van der Waals surface area contributed by atoms with E-state index in [1.165, 1.54) is 45.2 Å². The Morgan fingerprint density at radius 1 is 0.875 bits per heavy atom. The molecule has 0 aromatic heterocycles. The first-order chi connectivity index (χ1) is 6.68. The molecule has 1 aliphatic carbocycles. The van der Waals surface area contributed by atoms with Gasteiger partial charge in [-0.2, -0.15) is 0 Å². The second-order valence-corrected chi connectivity index (χ2v) is 5.12. The SMILES string of the molecule is C.C.CC1CCC(N)CC1.C[C@@H]1CCNC1. The van der Waals surface area contributed by atoms with Crippen LogP contribution in [-0.4, -0.2) is 19.1 Å². The van der Waals surface area contributed by atoms with Crippen molar-refractivity contribution in [3.8, 4) is 0 Å². The monoisotopic (exact) mass is 230 g/mol. The predicted octanol–water partition coefficient (Wildman–Crippen LogP) is 3.41. The summed E-state index contributed by atoms with van der Waals surface area (Å²) in [6, 6.07) is 0.520. The molecule has 1 heterocycles. The summed E-state index contributed by atoms with van der Waals surface area (Å²) in [5.74, 6) is 1.87. The second kappa shape index (κ2) is 10.1. The Hall–Kier alpha value is -0.0800. The van der Waals surface area contributed by atoms with Gasteiger partial charge in [0.1, 0.15) is 0 Å². The van der Waals surface area contributed by atoms with Crippen molar-refractivity contribution in [2.45, 2.75) is 66.8 Å². The number of hydrogen-bond acceptors (Lipinski definition) is 2. The van der Waals surface area contributed by atoms with E-state index in [0.29, 0.717) is 6.04 Å². The van der Waals surface area contributed by atoms with Crippen LogP contribution in [0.5, 0.6) is 0 Å². The highest BCUT2D eigenvalue weighted by Gasteiger charge is 2.13. The first-order valence-corrected chi connectivity index (χ1v) is 6.14. The number of hydrogen-bond donors (Lipinski definition) is 2. The second-order valence-electron chi connectivity index (χ2n) is 5.12. The zero-order chi connectivity index (χ0) is 10.4. The van der Waals surface area contributed by atoms with E-state index in [-0.39, 0.29) is 14.9 Å². The van der Waals surface area contributed by atoms with Crippen molar-refractivity contribution >= 4 is 0 Å². The van der Waals surface area contributed by atoms with Crippen LogP contribution in [0.4, 0.5) is 0 Å². The Morgan fingerprint density at radius 2 is 1.44 bits per heavy atom. The minimum Gasteiger partial charge on any atom is -0.328 e. The van der Waals surface area contributed by atoms with Crippen LogP contribution in [0.3, 0.4) is 0 Å². The van der Waals surface area contributed by atoms with E-state index in [9.17, 15) is 0 Å². The molecule has 0 radical (unpaired) electrons. The molecule has 2 rings (SSSR count). The van der Waals surface area contributed by atoms with Gasteiger partial charge in [-0.25, -0.2) is 0 Å². The standard InChI is InChI=1S/C7H15N.C5H11N.2CH4/c1-6-2-4-7(8)5-3-6;1-5-2-3-6-4-5;;/h6-7H,2-5,8H2,1H3;5-6H,2-4H2,1H3;2*1H4/t;5-;;/m.1../s1. The highest BCUT2D eigenvalue weighted by molar-refractivity contribution is 4.71. The average Bonchev–Trinajstić information content (AvgIpc) is 2.63. The third kappa shape index (κ3) is 8.12. The molecule has 2 aliphatic rings. The van der Waals surface area contributed by atoms with Gasteiger partial charge < -0.3 is 11.1 Å². The van der Waals surface area contributed by atoms with Crippen molar-refractivity contribution in [2.24, 2.45) is 17.6 Å². The predicted molar refractivity (Wildman–Crippen MR) is 75.7 cm³/mol. The lowest BCUT2D eigenvalue weighted by molar-refractivity contribution is 0.348. The fourth-order valence-corrected chi connectivity index (χ4v) is 2.08. The lowest BCUT2D eigenvalue weighted by Crippen LogP contribution is -2.25. The average molecular weight is 230 g/mol. The third-order valence-corrected chi connectivity index (χ3v) is 3.37. The topological polar surface area (TPSA) is 38.0 Å². The highest BCUT2D eigenvalue weighted by Crippen LogP contribution is 2.21. The molecule has 2 heteroatoms. The molecule has 0 bridgehead atoms. The quantitative estimate of drug-likeness (QED) is 0.669. The number of rotatable bonds is 0. The van der Waals surface area contributed by atoms with E-state index >= 15 is 0 Å². The Balaban J connectivity index is 0. The molecule has 0 aromatic carbocycles. The fraction of sp³-hybridized carbons (Fsp3) is 1.00. The van der Waals surface area contributed by atoms with Crippen molar-refractivity contribution in [1.29, 1.82) is 0 Å². The molecular formula is C14H34N2. The minimum absolute atomic E-state index is 0. The molecule has 1 atom stereocenters. The largest absolute Gasteiger partial charge is 0.328 e. The normalized spacial score (nSPS) is 32.8. The fourth-order valence-electron chi connectivity index (χ4n) is 2.08. The molecule has 1 saturated heterocycles. The summed E-state index contributed by atoms with van der Waals surface area (Å²) in [4.78, 5) is 0. The molecule has 0 aromatic rings. The van der Waals surface area contributed by atoms with Crippen LogP contribution < -0.4 is 11.1 Å². The molecule has 0 unspecified atom stereocenters. The molecule has 2 nitrogen and oxygen atoms in total. The van der Waals surface area contributed by atoms with Gasteiger partial charge in [0.25, 0.3) is 0 Å². The molecule has 16 heavy (non-hydrogen) atoms. The van der Waals surface area contributed by atoms with E-state index in [2.05, 4.69) is 19.2 Å². The van der Waals surface area contributed by atoms with Crippen molar-refractivity contribution in [3.05, 3.63) is 0 Å². The van der Waals surface area contributed by atoms with Gasteiger partial charge in [0.2, 0.25) is 0 Å². The summed E-state index contributed by atoms with van der Waals surface area (Å²) in [6.07, 6.45) is 6.57. The molecule has 1 saturated carbocycles. The molecule has 1 aliphatic heterocycles. The van der Waals surface area contributed by atoms with Crippen LogP contribution in [0, 0.1) is 11.8 Å². The van der Waals surface area contributed by atoms with E-state index in [0.717, 1.165) is 11.8 Å². The summed E-state index contributed by atoms with van der Waals surface area (Å²) in [5, 5.41) is 3.27. The van der Waals surface area contributed by atoms with E-state index in [1.807, 2.05) is 0 Å². The maximum absolute atomic E-state index is 5.70. The van der Waals surface area contributed by atoms with Crippen molar-refractivity contribution in [3.63, 3.8) is 0 Å². The van der Waals surface area contributed by atoms with Gasteiger partial charge >= 0.3 is 0 Å². The van der Waals surface area contributed by atoms with Gasteiger partial charge in [0.15, 0.2) is 0 Å².